The molecule has 0 saturated heterocycles. The molecule has 0 fully saturated rings. The molecule has 0 saturated carbocycles. The number of hydrogen-bond donors (Lipinski definition) is 1. The molecule has 0 aliphatic heterocycles. The molecule has 2 N–H and O–H groups in total. The van der Waals surface area contributed by atoms with Gasteiger partial charge in [-0.05, 0) is 61.8 Å². The van der Waals surface area contributed by atoms with Crippen molar-refractivity contribution in [2.45, 2.75) is 20.8 Å². The topological polar surface area (TPSA) is 35.2 Å². The summed E-state index contributed by atoms with van der Waals surface area (Å²) in [6.07, 6.45) is 5.53. The maximum absolute atomic E-state index is 5.72. The smallest absolute Gasteiger partial charge is 0.120 e. The van der Waals surface area contributed by atoms with E-state index >= 15 is 0 Å². The van der Waals surface area contributed by atoms with Crippen molar-refractivity contribution < 1.29 is 4.74 Å². The Kier molecular flexibility index (Phi) is 5.25. The molecule has 96 valence electrons. The quantitative estimate of drug-likeness (QED) is 0.801. The lowest BCUT2D eigenvalue weighted by atomic mass is 10.1. The lowest BCUT2D eigenvalue weighted by Gasteiger charge is -2.06. The van der Waals surface area contributed by atoms with Gasteiger partial charge in [-0.3, -0.25) is 0 Å². The molecule has 0 spiro atoms. The first-order valence-corrected chi connectivity index (χ1v) is 6.00. The van der Waals surface area contributed by atoms with Gasteiger partial charge in [0.15, 0.2) is 0 Å². The normalized spacial score (nSPS) is 12.4. The molecule has 2 nitrogen and oxygen atoms in total. The highest BCUT2D eigenvalue weighted by Gasteiger charge is 1.95. The van der Waals surface area contributed by atoms with E-state index in [1.165, 1.54) is 11.1 Å². The zero-order chi connectivity index (χ0) is 13.5. The minimum Gasteiger partial charge on any atom is -0.490 e. The van der Waals surface area contributed by atoms with Crippen LogP contribution in [0.25, 0.3) is 0 Å². The molecular weight excluding hydrogens is 222 g/mol. The van der Waals surface area contributed by atoms with Gasteiger partial charge in [0, 0.05) is 5.70 Å². The fraction of sp³-hybridized carbons (Fsp3) is 0.250. The molecule has 0 atom stereocenters. The Morgan fingerprint density at radius 1 is 1.33 bits per heavy atom. The van der Waals surface area contributed by atoms with E-state index in [9.17, 15) is 0 Å². The summed E-state index contributed by atoms with van der Waals surface area (Å²) in [7, 11) is 0. The number of ether oxygens (including phenoxy) is 1. The van der Waals surface area contributed by atoms with Crippen molar-refractivity contribution in [3.05, 3.63) is 65.4 Å². The van der Waals surface area contributed by atoms with Gasteiger partial charge < -0.3 is 10.5 Å². The molecule has 0 radical (unpaired) electrons. The number of benzene rings is 1. The Morgan fingerprint density at radius 3 is 2.67 bits per heavy atom. The van der Waals surface area contributed by atoms with Crippen LogP contribution in [0.1, 0.15) is 18.1 Å². The summed E-state index contributed by atoms with van der Waals surface area (Å²) in [6.45, 7) is 10.3. The Bertz CT molecular complexity index is 484. The molecule has 0 unspecified atom stereocenters. The van der Waals surface area contributed by atoms with Crippen LogP contribution in [0.15, 0.2) is 54.3 Å². The summed E-state index contributed by atoms with van der Waals surface area (Å²) in [4.78, 5) is 0. The third-order valence-electron chi connectivity index (χ3n) is 2.87. The third-order valence-corrected chi connectivity index (χ3v) is 2.87. The second kappa shape index (κ2) is 6.70. The van der Waals surface area contributed by atoms with Gasteiger partial charge in [0.25, 0.3) is 0 Å². The van der Waals surface area contributed by atoms with Crippen LogP contribution in [0.3, 0.4) is 0 Å². The number of aryl methyl sites for hydroxylation is 2. The number of hydrogen-bond acceptors (Lipinski definition) is 2. The molecular formula is C16H21NO. The van der Waals surface area contributed by atoms with Crippen LogP contribution in [-0.4, -0.2) is 6.61 Å². The monoisotopic (exact) mass is 243 g/mol. The summed E-state index contributed by atoms with van der Waals surface area (Å²) in [6, 6.07) is 6.09. The predicted molar refractivity (Wildman–Crippen MR) is 77.6 cm³/mol. The maximum Gasteiger partial charge on any atom is 0.120 e. The van der Waals surface area contributed by atoms with Crippen LogP contribution < -0.4 is 10.5 Å². The van der Waals surface area contributed by atoms with Crippen LogP contribution >= 0.6 is 0 Å². The number of nitrogens with two attached hydrogens (primary N) is 1. The Labute approximate surface area is 109 Å². The standard InChI is InChI=1S/C16H21NO/c1-5-16(17)13(3)7-6-10-18-15-9-8-12(2)14(4)11-15/h5-9,11H,1,10,17H2,2-4H3/b7-6-,16-13+. The van der Waals surface area contributed by atoms with Crippen molar-refractivity contribution in [1.29, 1.82) is 0 Å². The maximum atomic E-state index is 5.72. The van der Waals surface area contributed by atoms with Crippen molar-refractivity contribution >= 4 is 0 Å². The van der Waals surface area contributed by atoms with Crippen molar-refractivity contribution in [2.24, 2.45) is 5.73 Å². The van der Waals surface area contributed by atoms with E-state index in [1.807, 2.05) is 31.2 Å². The summed E-state index contributed by atoms with van der Waals surface area (Å²) < 4.78 is 5.63. The molecule has 0 aromatic heterocycles. The van der Waals surface area contributed by atoms with Gasteiger partial charge in [-0.25, -0.2) is 0 Å². The predicted octanol–water partition coefficient (Wildman–Crippen LogP) is 3.66. The fourth-order valence-corrected chi connectivity index (χ4v) is 1.43. The highest BCUT2D eigenvalue weighted by Crippen LogP contribution is 2.16. The van der Waals surface area contributed by atoms with Crippen LogP contribution in [0.2, 0.25) is 0 Å². The summed E-state index contributed by atoms with van der Waals surface area (Å²) >= 11 is 0. The summed E-state index contributed by atoms with van der Waals surface area (Å²) in [5.41, 5.74) is 9.91. The van der Waals surface area contributed by atoms with E-state index in [1.54, 1.807) is 6.08 Å². The fourth-order valence-electron chi connectivity index (χ4n) is 1.43. The van der Waals surface area contributed by atoms with Gasteiger partial charge in [0.2, 0.25) is 0 Å². The van der Waals surface area contributed by atoms with Gasteiger partial charge in [-0.15, -0.1) is 0 Å². The molecule has 2 heteroatoms. The first-order valence-electron chi connectivity index (χ1n) is 6.00. The average molecular weight is 243 g/mol. The summed E-state index contributed by atoms with van der Waals surface area (Å²) in [5, 5.41) is 0. The van der Waals surface area contributed by atoms with Gasteiger partial charge >= 0.3 is 0 Å². The Hall–Kier alpha value is -1.96. The largest absolute Gasteiger partial charge is 0.490 e. The van der Waals surface area contributed by atoms with Crippen LogP contribution in [0.4, 0.5) is 0 Å². The number of rotatable bonds is 5. The molecule has 0 heterocycles. The van der Waals surface area contributed by atoms with Crippen molar-refractivity contribution in [3.8, 4) is 5.75 Å². The second-order valence-electron chi connectivity index (χ2n) is 4.30. The van der Waals surface area contributed by atoms with Crippen molar-refractivity contribution in [3.63, 3.8) is 0 Å². The van der Waals surface area contributed by atoms with E-state index in [2.05, 4.69) is 26.5 Å². The van der Waals surface area contributed by atoms with Crippen LogP contribution in [0.5, 0.6) is 5.75 Å². The molecule has 0 bridgehead atoms. The zero-order valence-electron chi connectivity index (χ0n) is 11.4. The average Bonchev–Trinajstić information content (AvgIpc) is 2.37. The highest BCUT2D eigenvalue weighted by atomic mass is 16.5. The Balaban J connectivity index is 2.54. The van der Waals surface area contributed by atoms with Gasteiger partial charge in [-0.2, -0.15) is 0 Å². The highest BCUT2D eigenvalue weighted by molar-refractivity contribution is 5.34. The lowest BCUT2D eigenvalue weighted by molar-refractivity contribution is 0.362. The minimum absolute atomic E-state index is 0.532. The van der Waals surface area contributed by atoms with Gasteiger partial charge in [-0.1, -0.05) is 18.7 Å². The van der Waals surface area contributed by atoms with E-state index in [0.717, 1.165) is 11.3 Å². The lowest BCUT2D eigenvalue weighted by Crippen LogP contribution is -1.97. The van der Waals surface area contributed by atoms with E-state index in [-0.39, 0.29) is 0 Å². The second-order valence-corrected chi connectivity index (χ2v) is 4.30. The molecule has 1 aromatic rings. The molecule has 1 rings (SSSR count). The van der Waals surface area contributed by atoms with Gasteiger partial charge in [0.05, 0.1) is 0 Å². The molecule has 18 heavy (non-hydrogen) atoms. The molecule has 0 aliphatic rings. The number of allylic oxidation sites excluding steroid dienone is 3. The Morgan fingerprint density at radius 2 is 2.06 bits per heavy atom. The van der Waals surface area contributed by atoms with E-state index in [0.29, 0.717) is 12.3 Å². The van der Waals surface area contributed by atoms with E-state index in [4.69, 9.17) is 10.5 Å². The van der Waals surface area contributed by atoms with Crippen molar-refractivity contribution in [2.75, 3.05) is 6.61 Å². The third kappa shape index (κ3) is 4.13. The minimum atomic E-state index is 0.532. The summed E-state index contributed by atoms with van der Waals surface area (Å²) in [5.74, 6) is 0.890. The van der Waals surface area contributed by atoms with Crippen molar-refractivity contribution in [1.82, 2.24) is 0 Å². The molecule has 0 amide bonds. The zero-order valence-corrected chi connectivity index (χ0v) is 11.4. The van der Waals surface area contributed by atoms with Crippen LogP contribution in [0, 0.1) is 13.8 Å². The van der Waals surface area contributed by atoms with E-state index < -0.39 is 0 Å². The molecule has 0 aliphatic carbocycles. The molecule has 1 aromatic carbocycles. The van der Waals surface area contributed by atoms with Crippen LogP contribution in [-0.2, 0) is 0 Å². The SMILES string of the molecule is C=C/C(N)=C(C)\C=C/COc1ccc(C)c(C)c1. The van der Waals surface area contributed by atoms with Gasteiger partial charge in [0.1, 0.15) is 12.4 Å². The first-order chi connectivity index (χ1) is 8.54. The first kappa shape index (κ1) is 14.1.